The van der Waals surface area contributed by atoms with Crippen molar-refractivity contribution in [1.82, 2.24) is 0 Å². The highest BCUT2D eigenvalue weighted by molar-refractivity contribution is 7.97. The Hall–Kier alpha value is -3.69. The second-order valence-electron chi connectivity index (χ2n) is 11.4. The summed E-state index contributed by atoms with van der Waals surface area (Å²) < 4.78 is 151. The summed E-state index contributed by atoms with van der Waals surface area (Å²) in [6.07, 6.45) is -17.5. The highest BCUT2D eigenvalue weighted by atomic mass is 32.2. The molecule has 4 nitrogen and oxygen atoms in total. The van der Waals surface area contributed by atoms with E-state index in [0.717, 1.165) is 5.75 Å². The zero-order valence-corrected chi connectivity index (χ0v) is 27.6. The topological polar surface area (TPSA) is 66.4 Å². The van der Waals surface area contributed by atoms with Crippen LogP contribution in [0.2, 0.25) is 0 Å². The van der Waals surface area contributed by atoms with Crippen molar-refractivity contribution in [2.45, 2.75) is 78.3 Å². The third-order valence-corrected chi connectivity index (χ3v) is 9.78. The van der Waals surface area contributed by atoms with Crippen LogP contribution in [-0.4, -0.2) is 18.6 Å². The lowest BCUT2D eigenvalue weighted by Gasteiger charge is -2.22. The largest absolute Gasteiger partial charge is 0.744 e. The molecule has 0 saturated heterocycles. The SMILES string of the molecule is Cc1cc(OC(C)(C)C)cc(C)c1[S+](c1ccccc1)c1ccccc1.O=S(=O)([O-])c1c(C(F)(F)F)cc(C(F)(F)F)cc1C(F)(F)F. The minimum absolute atomic E-state index is 0.125. The predicted molar refractivity (Wildman–Crippen MR) is 161 cm³/mol. The summed E-state index contributed by atoms with van der Waals surface area (Å²) in [6.45, 7) is 10.7. The first-order valence-corrected chi connectivity index (χ1v) is 16.4. The van der Waals surface area contributed by atoms with Crippen LogP contribution in [0.15, 0.2) is 105 Å². The summed E-state index contributed by atoms with van der Waals surface area (Å²) in [7, 11) is -6.47. The van der Waals surface area contributed by atoms with E-state index in [0.29, 0.717) is 0 Å². The first-order chi connectivity index (χ1) is 21.8. The number of hydrogen-bond acceptors (Lipinski definition) is 4. The number of aryl methyl sites for hydroxylation is 2. The van der Waals surface area contributed by atoms with Crippen LogP contribution in [0, 0.1) is 13.8 Å². The monoisotopic (exact) mass is 724 g/mol. The summed E-state index contributed by atoms with van der Waals surface area (Å²) in [4.78, 5) is 1.29. The predicted octanol–water partition coefficient (Wildman–Crippen LogP) is 10.2. The standard InChI is InChI=1S/C24H27OS.C9H3F9O3S/c1-18-16-20(25-24(3,4)5)17-19(2)23(18)26(21-12-8-6-9-13-21)22-14-10-7-11-15-22;10-7(11,12)3-1-4(8(13,14)15)6(22(19,20)21)5(2-3)9(16,17)18/h6-17H,1-5H3;1-2H,(H,19,20,21)/q+1;/p-1. The van der Waals surface area contributed by atoms with Crippen molar-refractivity contribution in [2.24, 2.45) is 0 Å². The molecule has 48 heavy (non-hydrogen) atoms. The van der Waals surface area contributed by atoms with Crippen molar-refractivity contribution >= 4 is 21.0 Å². The molecule has 0 heterocycles. The van der Waals surface area contributed by atoms with Gasteiger partial charge in [-0.25, -0.2) is 8.42 Å². The number of ether oxygens (including phenoxy) is 1. The number of rotatable bonds is 5. The number of hydrogen-bond donors (Lipinski definition) is 0. The first-order valence-electron chi connectivity index (χ1n) is 13.8. The van der Waals surface area contributed by atoms with E-state index in [1.807, 2.05) is 0 Å². The van der Waals surface area contributed by atoms with Gasteiger partial charge in [0.2, 0.25) is 0 Å². The molecule has 260 valence electrons. The Kier molecular flexibility index (Phi) is 11.3. The van der Waals surface area contributed by atoms with E-state index in [-0.39, 0.29) is 16.5 Å². The lowest BCUT2D eigenvalue weighted by Crippen LogP contribution is -2.23. The van der Waals surface area contributed by atoms with E-state index >= 15 is 0 Å². The van der Waals surface area contributed by atoms with Gasteiger partial charge < -0.3 is 9.29 Å². The lowest BCUT2D eigenvalue weighted by molar-refractivity contribution is -0.152. The first kappa shape index (κ1) is 38.8. The molecule has 0 aliphatic rings. The molecule has 4 aromatic rings. The summed E-state index contributed by atoms with van der Waals surface area (Å²) in [5, 5.41) is 0. The summed E-state index contributed by atoms with van der Waals surface area (Å²) in [5.74, 6) is 0.945. The number of alkyl halides is 9. The fourth-order valence-electron chi connectivity index (χ4n) is 4.61. The maximum atomic E-state index is 12.6. The molecule has 0 radical (unpaired) electrons. The zero-order valence-electron chi connectivity index (χ0n) is 25.9. The van der Waals surface area contributed by atoms with Crippen molar-refractivity contribution in [1.29, 1.82) is 0 Å². The average molecular weight is 725 g/mol. The fraction of sp³-hybridized carbons (Fsp3) is 0.273. The molecule has 4 rings (SSSR count). The summed E-state index contributed by atoms with van der Waals surface area (Å²) in [6, 6.07) is 24.2. The van der Waals surface area contributed by atoms with Gasteiger partial charge in [0.1, 0.15) is 21.5 Å². The van der Waals surface area contributed by atoms with Crippen molar-refractivity contribution in [3.8, 4) is 5.75 Å². The fourth-order valence-corrected chi connectivity index (χ4v) is 7.86. The van der Waals surface area contributed by atoms with Crippen LogP contribution in [0.5, 0.6) is 5.75 Å². The van der Waals surface area contributed by atoms with Gasteiger partial charge in [0.25, 0.3) is 0 Å². The van der Waals surface area contributed by atoms with Gasteiger partial charge in [-0.15, -0.1) is 0 Å². The highest BCUT2D eigenvalue weighted by Crippen LogP contribution is 2.45. The Morgan fingerprint density at radius 1 is 0.625 bits per heavy atom. The van der Waals surface area contributed by atoms with E-state index in [1.54, 1.807) is 0 Å². The quantitative estimate of drug-likeness (QED) is 0.117. The molecule has 0 saturated carbocycles. The molecule has 0 atom stereocenters. The van der Waals surface area contributed by atoms with E-state index in [4.69, 9.17) is 4.74 Å². The zero-order chi connectivity index (χ0) is 36.5. The molecule has 0 bridgehead atoms. The van der Waals surface area contributed by atoms with E-state index in [2.05, 4.69) is 107 Å². The van der Waals surface area contributed by atoms with Crippen LogP contribution in [0.4, 0.5) is 39.5 Å². The van der Waals surface area contributed by atoms with Crippen LogP contribution >= 0.6 is 0 Å². The second kappa shape index (κ2) is 14.0. The highest BCUT2D eigenvalue weighted by Gasteiger charge is 2.46. The molecule has 0 spiro atoms. The molecule has 0 aliphatic carbocycles. The maximum Gasteiger partial charge on any atom is 0.417 e. The van der Waals surface area contributed by atoms with E-state index in [1.165, 1.54) is 25.8 Å². The molecule has 15 heteroatoms. The molecular weight excluding hydrogens is 695 g/mol. The van der Waals surface area contributed by atoms with Gasteiger partial charge >= 0.3 is 18.5 Å². The molecule has 0 unspecified atom stereocenters. The Bertz CT molecular complexity index is 1730. The normalized spacial score (nSPS) is 12.8. The molecule has 0 amide bonds. The minimum Gasteiger partial charge on any atom is -0.744 e. The molecule has 4 aromatic carbocycles. The van der Waals surface area contributed by atoms with Crippen molar-refractivity contribution in [2.75, 3.05) is 0 Å². The third-order valence-electron chi connectivity index (χ3n) is 6.30. The lowest BCUT2D eigenvalue weighted by atomic mass is 10.0. The van der Waals surface area contributed by atoms with Gasteiger partial charge in [0.05, 0.1) is 32.5 Å². The number of benzene rings is 4. The smallest absolute Gasteiger partial charge is 0.417 e. The number of halogens is 9. The van der Waals surface area contributed by atoms with Crippen LogP contribution in [0.1, 0.15) is 48.6 Å². The van der Waals surface area contributed by atoms with E-state index < -0.39 is 62.4 Å². The van der Waals surface area contributed by atoms with Crippen molar-refractivity contribution < 1.29 is 57.2 Å². The third kappa shape index (κ3) is 9.92. The Morgan fingerprint density at radius 3 is 1.29 bits per heavy atom. The Labute approximate surface area is 274 Å². The molecule has 0 aliphatic heterocycles. The molecular formula is C33H29F9O4S2. The van der Waals surface area contributed by atoms with Crippen LogP contribution in [-0.2, 0) is 39.5 Å². The Morgan fingerprint density at radius 2 is 1.00 bits per heavy atom. The molecule has 0 fully saturated rings. The minimum atomic E-state index is -6.35. The van der Waals surface area contributed by atoms with Gasteiger partial charge in [-0.1, -0.05) is 36.4 Å². The maximum absolute atomic E-state index is 12.6. The van der Waals surface area contributed by atoms with Gasteiger partial charge in [-0.2, -0.15) is 39.5 Å². The van der Waals surface area contributed by atoms with Crippen molar-refractivity contribution in [3.63, 3.8) is 0 Å². The van der Waals surface area contributed by atoms with Crippen LogP contribution in [0.3, 0.4) is 0 Å². The van der Waals surface area contributed by atoms with Crippen molar-refractivity contribution in [3.05, 3.63) is 113 Å². The van der Waals surface area contributed by atoms with E-state index in [9.17, 15) is 52.5 Å². The second-order valence-corrected chi connectivity index (χ2v) is 14.7. The van der Waals surface area contributed by atoms with Gasteiger partial charge in [0, 0.05) is 11.1 Å². The van der Waals surface area contributed by atoms with Gasteiger partial charge in [-0.05, 0) is 83.1 Å². The van der Waals surface area contributed by atoms with Gasteiger partial charge in [-0.3, -0.25) is 0 Å². The van der Waals surface area contributed by atoms with Gasteiger partial charge in [0.15, 0.2) is 14.7 Å². The van der Waals surface area contributed by atoms with Crippen LogP contribution < -0.4 is 4.74 Å². The van der Waals surface area contributed by atoms with Crippen LogP contribution in [0.25, 0.3) is 0 Å². The molecule has 0 aromatic heterocycles. The summed E-state index contributed by atoms with van der Waals surface area (Å²) in [5.41, 5.74) is -5.68. The Balaban J connectivity index is 0.000000265. The summed E-state index contributed by atoms with van der Waals surface area (Å²) >= 11 is 0. The average Bonchev–Trinajstić information content (AvgIpc) is 2.93. The molecule has 0 N–H and O–H groups in total.